The Balaban J connectivity index is 2.26. The fourth-order valence-electron chi connectivity index (χ4n) is 1.19. The maximum absolute atomic E-state index is 11.6. The van der Waals surface area contributed by atoms with Crippen LogP contribution in [-0.2, 0) is 4.74 Å². The molecule has 1 aromatic rings. The zero-order chi connectivity index (χ0) is 12.5. The van der Waals surface area contributed by atoms with Gasteiger partial charge in [-0.1, -0.05) is 11.3 Å². The number of hydrogen-bond donors (Lipinski definition) is 2. The lowest BCUT2D eigenvalue weighted by atomic mass is 10.3. The van der Waals surface area contributed by atoms with Gasteiger partial charge in [0.2, 0.25) is 10.1 Å². The van der Waals surface area contributed by atoms with Gasteiger partial charge in [-0.25, -0.2) is 0 Å². The molecule has 1 rings (SSSR count). The minimum absolute atomic E-state index is 0.163. The number of unbranched alkanes of at least 4 members (excludes halogenated alkanes) is 1. The van der Waals surface area contributed by atoms with Crippen molar-refractivity contribution in [3.05, 3.63) is 5.01 Å². The Morgan fingerprint density at radius 2 is 2.24 bits per heavy atom. The molecule has 6 nitrogen and oxygen atoms in total. The number of anilines is 1. The molecular weight excluding hydrogens is 240 g/mol. The minimum atomic E-state index is -0.163. The first-order chi connectivity index (χ1) is 8.27. The van der Waals surface area contributed by atoms with Crippen LogP contribution in [0.4, 0.5) is 5.13 Å². The first kappa shape index (κ1) is 13.9. The van der Waals surface area contributed by atoms with Crippen molar-refractivity contribution in [2.75, 3.05) is 32.1 Å². The van der Waals surface area contributed by atoms with E-state index in [0.717, 1.165) is 26.0 Å². The second-order valence-corrected chi connectivity index (χ2v) is 4.38. The van der Waals surface area contributed by atoms with E-state index in [4.69, 9.17) is 4.74 Å². The molecule has 0 atom stereocenters. The third kappa shape index (κ3) is 5.10. The highest BCUT2D eigenvalue weighted by molar-refractivity contribution is 7.17. The Kier molecular flexibility index (Phi) is 6.49. The average molecular weight is 258 g/mol. The van der Waals surface area contributed by atoms with Crippen LogP contribution in [-0.4, -0.2) is 42.9 Å². The molecule has 0 unspecified atom stereocenters. The summed E-state index contributed by atoms with van der Waals surface area (Å²) in [6.07, 6.45) is 1.84. The summed E-state index contributed by atoms with van der Waals surface area (Å²) in [7, 11) is 1.67. The van der Waals surface area contributed by atoms with Gasteiger partial charge in [0.25, 0.3) is 5.91 Å². The lowest BCUT2D eigenvalue weighted by Crippen LogP contribution is -2.24. The van der Waals surface area contributed by atoms with Gasteiger partial charge < -0.3 is 15.4 Å². The molecule has 0 saturated carbocycles. The fraction of sp³-hybridized carbons (Fsp3) is 0.700. The number of aromatic nitrogens is 2. The van der Waals surface area contributed by atoms with Crippen molar-refractivity contribution >= 4 is 22.4 Å². The van der Waals surface area contributed by atoms with Crippen LogP contribution in [0, 0.1) is 0 Å². The molecule has 7 heteroatoms. The van der Waals surface area contributed by atoms with Crippen LogP contribution < -0.4 is 10.6 Å². The zero-order valence-corrected chi connectivity index (χ0v) is 11.0. The number of carbonyl (C=O) groups excluding carboxylic acids is 1. The van der Waals surface area contributed by atoms with Gasteiger partial charge in [0.1, 0.15) is 0 Å². The third-order valence-corrected chi connectivity index (χ3v) is 2.89. The predicted molar refractivity (Wildman–Crippen MR) is 67.5 cm³/mol. The fourth-order valence-corrected chi connectivity index (χ4v) is 1.91. The number of rotatable bonds is 8. The maximum atomic E-state index is 11.6. The van der Waals surface area contributed by atoms with Crippen LogP contribution in [0.3, 0.4) is 0 Å². The minimum Gasteiger partial charge on any atom is -0.385 e. The van der Waals surface area contributed by atoms with E-state index >= 15 is 0 Å². The Hall–Kier alpha value is -1.21. The summed E-state index contributed by atoms with van der Waals surface area (Å²) in [5.41, 5.74) is 0. The maximum Gasteiger partial charge on any atom is 0.282 e. The average Bonchev–Trinajstić information content (AvgIpc) is 2.78. The van der Waals surface area contributed by atoms with E-state index < -0.39 is 0 Å². The van der Waals surface area contributed by atoms with E-state index in [2.05, 4.69) is 20.8 Å². The summed E-state index contributed by atoms with van der Waals surface area (Å²) in [5.74, 6) is -0.163. The van der Waals surface area contributed by atoms with Crippen LogP contribution in [0.2, 0.25) is 0 Å². The molecule has 17 heavy (non-hydrogen) atoms. The van der Waals surface area contributed by atoms with Crippen molar-refractivity contribution in [2.45, 2.75) is 19.8 Å². The van der Waals surface area contributed by atoms with Crippen molar-refractivity contribution in [2.24, 2.45) is 0 Å². The van der Waals surface area contributed by atoms with Gasteiger partial charge in [-0.3, -0.25) is 4.79 Å². The highest BCUT2D eigenvalue weighted by Gasteiger charge is 2.11. The Labute approximate surface area is 105 Å². The first-order valence-electron chi connectivity index (χ1n) is 5.62. The van der Waals surface area contributed by atoms with Crippen molar-refractivity contribution in [3.63, 3.8) is 0 Å². The van der Waals surface area contributed by atoms with Gasteiger partial charge in [-0.2, -0.15) is 0 Å². The van der Waals surface area contributed by atoms with E-state index in [0.29, 0.717) is 16.7 Å². The first-order valence-corrected chi connectivity index (χ1v) is 6.44. The van der Waals surface area contributed by atoms with E-state index in [1.165, 1.54) is 11.3 Å². The number of methoxy groups -OCH3 is 1. The molecule has 1 aromatic heterocycles. The molecule has 0 aliphatic carbocycles. The number of carbonyl (C=O) groups is 1. The Morgan fingerprint density at radius 3 is 2.94 bits per heavy atom. The predicted octanol–water partition coefficient (Wildman–Crippen LogP) is 1.13. The van der Waals surface area contributed by atoms with E-state index in [-0.39, 0.29) is 5.91 Å². The summed E-state index contributed by atoms with van der Waals surface area (Å²) in [5, 5.41) is 14.6. The third-order valence-electron chi connectivity index (χ3n) is 2.01. The molecule has 0 fully saturated rings. The second kappa shape index (κ2) is 7.97. The van der Waals surface area contributed by atoms with Gasteiger partial charge in [0, 0.05) is 26.8 Å². The second-order valence-electron chi connectivity index (χ2n) is 3.40. The number of ether oxygens (including phenoxy) is 1. The SMILES string of the molecule is CCNc1nnc(C(=O)NCCCCOC)s1. The van der Waals surface area contributed by atoms with Crippen LogP contribution in [0.1, 0.15) is 29.6 Å². The summed E-state index contributed by atoms with van der Waals surface area (Å²) < 4.78 is 4.92. The summed E-state index contributed by atoms with van der Waals surface area (Å²) in [4.78, 5) is 11.6. The quantitative estimate of drug-likeness (QED) is 0.683. The van der Waals surface area contributed by atoms with Crippen LogP contribution in [0.25, 0.3) is 0 Å². The Bertz CT molecular complexity index is 343. The monoisotopic (exact) mass is 258 g/mol. The summed E-state index contributed by atoms with van der Waals surface area (Å²) in [6.45, 7) is 4.10. The highest BCUT2D eigenvalue weighted by atomic mass is 32.1. The van der Waals surface area contributed by atoms with Gasteiger partial charge in [0.15, 0.2) is 0 Å². The molecule has 0 saturated heterocycles. The van der Waals surface area contributed by atoms with Crippen molar-refractivity contribution in [3.8, 4) is 0 Å². The molecule has 0 spiro atoms. The molecule has 0 aliphatic heterocycles. The number of nitrogens with one attached hydrogen (secondary N) is 2. The van der Waals surface area contributed by atoms with E-state index in [9.17, 15) is 4.79 Å². The van der Waals surface area contributed by atoms with Crippen LogP contribution in [0.5, 0.6) is 0 Å². The van der Waals surface area contributed by atoms with Crippen molar-refractivity contribution < 1.29 is 9.53 Å². The number of amides is 1. The van der Waals surface area contributed by atoms with Gasteiger partial charge in [0.05, 0.1) is 0 Å². The van der Waals surface area contributed by atoms with E-state index in [1.807, 2.05) is 6.92 Å². The lowest BCUT2D eigenvalue weighted by Gasteiger charge is -2.01. The molecule has 96 valence electrons. The standard InChI is InChI=1S/C10H18N4O2S/c1-3-11-10-14-13-9(17-10)8(15)12-6-4-5-7-16-2/h3-7H2,1-2H3,(H,11,14)(H,12,15). The molecule has 0 aromatic carbocycles. The molecular formula is C10H18N4O2S. The van der Waals surface area contributed by atoms with Crippen molar-refractivity contribution in [1.82, 2.24) is 15.5 Å². The van der Waals surface area contributed by atoms with Gasteiger partial charge >= 0.3 is 0 Å². The smallest absolute Gasteiger partial charge is 0.282 e. The zero-order valence-electron chi connectivity index (χ0n) is 10.2. The van der Waals surface area contributed by atoms with Crippen LogP contribution >= 0.6 is 11.3 Å². The number of hydrogen-bond acceptors (Lipinski definition) is 6. The largest absolute Gasteiger partial charge is 0.385 e. The van der Waals surface area contributed by atoms with E-state index in [1.54, 1.807) is 7.11 Å². The molecule has 2 N–H and O–H groups in total. The topological polar surface area (TPSA) is 76.1 Å². The molecule has 0 bridgehead atoms. The van der Waals surface area contributed by atoms with Gasteiger partial charge in [-0.15, -0.1) is 10.2 Å². The molecule has 0 radical (unpaired) electrons. The molecule has 1 amide bonds. The normalized spacial score (nSPS) is 10.2. The summed E-state index contributed by atoms with van der Waals surface area (Å²) in [6, 6.07) is 0. The summed E-state index contributed by atoms with van der Waals surface area (Å²) >= 11 is 1.26. The highest BCUT2D eigenvalue weighted by Crippen LogP contribution is 2.14. The Morgan fingerprint density at radius 1 is 1.41 bits per heavy atom. The van der Waals surface area contributed by atoms with Crippen LogP contribution in [0.15, 0.2) is 0 Å². The number of nitrogens with zero attached hydrogens (tertiary/aromatic N) is 2. The molecule has 1 heterocycles. The molecule has 0 aliphatic rings. The van der Waals surface area contributed by atoms with Crippen molar-refractivity contribution in [1.29, 1.82) is 0 Å². The van der Waals surface area contributed by atoms with Gasteiger partial charge in [-0.05, 0) is 19.8 Å². The lowest BCUT2D eigenvalue weighted by molar-refractivity contribution is 0.0950.